The molecule has 0 radical (unpaired) electrons. The van der Waals surface area contributed by atoms with E-state index < -0.39 is 0 Å². The second-order valence-electron chi connectivity index (χ2n) is 6.45. The quantitative estimate of drug-likeness (QED) is 0.925. The Morgan fingerprint density at radius 3 is 2.95 bits per heavy atom. The molecular weight excluding hydrogens is 282 g/mol. The van der Waals surface area contributed by atoms with E-state index in [1.54, 1.807) is 0 Å². The number of piperazine rings is 1. The van der Waals surface area contributed by atoms with Gasteiger partial charge in [0.05, 0.1) is 0 Å². The van der Waals surface area contributed by atoms with Crippen molar-refractivity contribution in [2.75, 3.05) is 31.6 Å². The van der Waals surface area contributed by atoms with E-state index in [2.05, 4.69) is 34.2 Å². The van der Waals surface area contributed by atoms with Crippen LogP contribution in [0.4, 0.5) is 5.69 Å². The third-order valence-corrected chi connectivity index (χ3v) is 5.14. The summed E-state index contributed by atoms with van der Waals surface area (Å²) < 4.78 is 0. The van der Waals surface area contributed by atoms with Gasteiger partial charge in [-0.3, -0.25) is 4.90 Å². The summed E-state index contributed by atoms with van der Waals surface area (Å²) in [6.45, 7) is 6.84. The summed E-state index contributed by atoms with van der Waals surface area (Å²) in [4.78, 5) is 5.29. The van der Waals surface area contributed by atoms with Crippen molar-refractivity contribution in [2.45, 2.75) is 44.8 Å². The van der Waals surface area contributed by atoms with Gasteiger partial charge in [-0.15, -0.1) is 0 Å². The highest BCUT2D eigenvalue weighted by Gasteiger charge is 2.33. The Balaban J connectivity index is 1.85. The Hall–Kier alpha value is -0.770. The molecule has 2 heterocycles. The number of anilines is 1. The molecule has 2 saturated heterocycles. The van der Waals surface area contributed by atoms with Crippen LogP contribution in [0.3, 0.4) is 0 Å². The van der Waals surface area contributed by atoms with Crippen molar-refractivity contribution in [3.63, 3.8) is 0 Å². The van der Waals surface area contributed by atoms with Crippen molar-refractivity contribution in [1.29, 1.82) is 0 Å². The van der Waals surface area contributed by atoms with Gasteiger partial charge in [0.1, 0.15) is 0 Å². The highest BCUT2D eigenvalue weighted by molar-refractivity contribution is 6.30. The Kier molecular flexibility index (Phi) is 4.72. The largest absolute Gasteiger partial charge is 0.366 e. The molecule has 2 atom stereocenters. The fourth-order valence-electron chi connectivity index (χ4n) is 3.85. The molecule has 2 aliphatic rings. The second-order valence-corrected chi connectivity index (χ2v) is 6.89. The number of hydrogen-bond donors (Lipinski definition) is 1. The first-order chi connectivity index (χ1) is 10.2. The molecule has 21 heavy (non-hydrogen) atoms. The van der Waals surface area contributed by atoms with Crippen LogP contribution >= 0.6 is 11.6 Å². The number of fused-ring (bicyclic) bond motifs is 1. The molecule has 1 aromatic rings. The number of hydrogen-bond acceptors (Lipinski definition) is 3. The molecule has 4 heteroatoms. The zero-order chi connectivity index (χ0) is 14.8. The number of nitrogens with one attached hydrogen (secondary N) is 1. The molecule has 0 aromatic heterocycles. The lowest BCUT2D eigenvalue weighted by molar-refractivity contribution is 0.115. The maximum Gasteiger partial charge on any atom is 0.0416 e. The van der Waals surface area contributed by atoms with Crippen LogP contribution in [0, 0.1) is 0 Å². The molecule has 1 aromatic carbocycles. The summed E-state index contributed by atoms with van der Waals surface area (Å²) in [5.74, 6) is 0. The SMILES string of the molecule is CNCc1cc(Cl)ccc1N1CC2CCCCN2CC1C. The smallest absolute Gasteiger partial charge is 0.0416 e. The number of halogens is 1. The van der Waals surface area contributed by atoms with Gasteiger partial charge in [-0.25, -0.2) is 0 Å². The van der Waals surface area contributed by atoms with Gasteiger partial charge in [-0.1, -0.05) is 18.0 Å². The Labute approximate surface area is 133 Å². The van der Waals surface area contributed by atoms with Crippen LogP contribution < -0.4 is 10.2 Å². The van der Waals surface area contributed by atoms with E-state index in [9.17, 15) is 0 Å². The van der Waals surface area contributed by atoms with Crippen LogP contribution in [-0.2, 0) is 6.54 Å². The van der Waals surface area contributed by atoms with Gasteiger partial charge in [0.25, 0.3) is 0 Å². The van der Waals surface area contributed by atoms with Crippen molar-refractivity contribution in [3.8, 4) is 0 Å². The van der Waals surface area contributed by atoms with Crippen molar-refractivity contribution in [3.05, 3.63) is 28.8 Å². The predicted molar refractivity (Wildman–Crippen MR) is 90.2 cm³/mol. The Morgan fingerprint density at radius 2 is 2.14 bits per heavy atom. The minimum Gasteiger partial charge on any atom is -0.366 e. The van der Waals surface area contributed by atoms with E-state index in [0.29, 0.717) is 6.04 Å². The van der Waals surface area contributed by atoms with Gasteiger partial charge in [-0.05, 0) is 57.1 Å². The van der Waals surface area contributed by atoms with Crippen molar-refractivity contribution >= 4 is 17.3 Å². The summed E-state index contributed by atoms with van der Waals surface area (Å²) in [7, 11) is 1.99. The van der Waals surface area contributed by atoms with Crippen LogP contribution in [0.1, 0.15) is 31.7 Å². The Bertz CT molecular complexity index is 491. The predicted octanol–water partition coefficient (Wildman–Crippen LogP) is 3.12. The van der Waals surface area contributed by atoms with Crippen LogP contribution in [0.25, 0.3) is 0 Å². The summed E-state index contributed by atoms with van der Waals surface area (Å²) in [6, 6.07) is 7.62. The summed E-state index contributed by atoms with van der Waals surface area (Å²) in [5.41, 5.74) is 2.66. The van der Waals surface area contributed by atoms with Crippen molar-refractivity contribution in [1.82, 2.24) is 10.2 Å². The van der Waals surface area contributed by atoms with Gasteiger partial charge in [0.2, 0.25) is 0 Å². The zero-order valence-electron chi connectivity index (χ0n) is 13.1. The first-order valence-electron chi connectivity index (χ1n) is 8.12. The average Bonchev–Trinajstić information content (AvgIpc) is 2.47. The Morgan fingerprint density at radius 1 is 1.29 bits per heavy atom. The number of piperidine rings is 1. The van der Waals surface area contributed by atoms with E-state index in [4.69, 9.17) is 11.6 Å². The van der Waals surface area contributed by atoms with E-state index >= 15 is 0 Å². The first kappa shape index (κ1) is 15.1. The summed E-state index contributed by atoms with van der Waals surface area (Å²) in [6.07, 6.45) is 4.10. The standard InChI is InChI=1S/C17H26ClN3/c1-13-11-20-8-4-3-5-16(20)12-21(13)17-7-6-15(18)9-14(17)10-19-2/h6-7,9,13,16,19H,3-5,8,10-12H2,1-2H3. The first-order valence-corrected chi connectivity index (χ1v) is 8.50. The molecule has 2 fully saturated rings. The molecule has 0 bridgehead atoms. The molecule has 0 aliphatic carbocycles. The molecule has 1 N–H and O–H groups in total. The molecule has 0 saturated carbocycles. The van der Waals surface area contributed by atoms with Crippen LogP contribution in [-0.4, -0.2) is 43.7 Å². The lowest BCUT2D eigenvalue weighted by atomic mass is 9.96. The molecule has 3 nitrogen and oxygen atoms in total. The maximum absolute atomic E-state index is 6.18. The molecular formula is C17H26ClN3. The fourth-order valence-corrected chi connectivity index (χ4v) is 4.05. The molecule has 0 amide bonds. The van der Waals surface area contributed by atoms with E-state index in [1.165, 1.54) is 43.6 Å². The van der Waals surface area contributed by atoms with Crippen LogP contribution in [0.5, 0.6) is 0 Å². The third kappa shape index (κ3) is 3.20. The second kappa shape index (κ2) is 6.55. The average molecular weight is 308 g/mol. The number of nitrogens with zero attached hydrogens (tertiary/aromatic N) is 2. The normalized spacial score (nSPS) is 26.7. The van der Waals surface area contributed by atoms with Gasteiger partial charge >= 0.3 is 0 Å². The monoisotopic (exact) mass is 307 g/mol. The van der Waals surface area contributed by atoms with E-state index in [0.717, 1.165) is 24.2 Å². The van der Waals surface area contributed by atoms with Crippen LogP contribution in [0.15, 0.2) is 18.2 Å². The molecule has 3 rings (SSSR count). The minimum absolute atomic E-state index is 0.566. The molecule has 2 unspecified atom stereocenters. The fraction of sp³-hybridized carbons (Fsp3) is 0.647. The molecule has 2 aliphatic heterocycles. The maximum atomic E-state index is 6.18. The molecule has 116 valence electrons. The summed E-state index contributed by atoms with van der Waals surface area (Å²) in [5, 5.41) is 4.09. The van der Waals surface area contributed by atoms with Crippen molar-refractivity contribution < 1.29 is 0 Å². The van der Waals surface area contributed by atoms with Gasteiger partial charge < -0.3 is 10.2 Å². The number of rotatable bonds is 3. The third-order valence-electron chi connectivity index (χ3n) is 4.91. The van der Waals surface area contributed by atoms with Crippen LogP contribution in [0.2, 0.25) is 5.02 Å². The highest BCUT2D eigenvalue weighted by Crippen LogP contribution is 2.31. The lowest BCUT2D eigenvalue weighted by Crippen LogP contribution is -2.59. The van der Waals surface area contributed by atoms with Gasteiger partial charge in [0.15, 0.2) is 0 Å². The zero-order valence-corrected chi connectivity index (χ0v) is 13.9. The summed E-state index contributed by atoms with van der Waals surface area (Å²) >= 11 is 6.18. The minimum atomic E-state index is 0.566. The molecule has 0 spiro atoms. The van der Waals surface area contributed by atoms with E-state index in [-0.39, 0.29) is 0 Å². The number of benzene rings is 1. The topological polar surface area (TPSA) is 18.5 Å². The van der Waals surface area contributed by atoms with Gasteiger partial charge in [0, 0.05) is 42.4 Å². The van der Waals surface area contributed by atoms with E-state index in [1.807, 2.05) is 13.1 Å². The van der Waals surface area contributed by atoms with Gasteiger partial charge in [-0.2, -0.15) is 0 Å². The van der Waals surface area contributed by atoms with Crippen molar-refractivity contribution in [2.24, 2.45) is 0 Å². The lowest BCUT2D eigenvalue weighted by Gasteiger charge is -2.49. The highest BCUT2D eigenvalue weighted by atomic mass is 35.5.